The van der Waals surface area contributed by atoms with Crippen LogP contribution in [0.25, 0.3) is 0 Å². The van der Waals surface area contributed by atoms with Crippen LogP contribution in [0, 0.1) is 0 Å². The van der Waals surface area contributed by atoms with E-state index in [1.54, 1.807) is 0 Å². The van der Waals surface area contributed by atoms with Gasteiger partial charge in [0.2, 0.25) is 5.91 Å². The zero-order valence-corrected chi connectivity index (χ0v) is 13.7. The van der Waals surface area contributed by atoms with Crippen LogP contribution >= 0.6 is 0 Å². The van der Waals surface area contributed by atoms with Crippen LogP contribution in [0.5, 0.6) is 0 Å². The van der Waals surface area contributed by atoms with Crippen molar-refractivity contribution in [2.75, 3.05) is 18.1 Å². The lowest BCUT2D eigenvalue weighted by Gasteiger charge is -2.28. The first-order valence-corrected chi connectivity index (χ1v) is 9.38. The van der Waals surface area contributed by atoms with Gasteiger partial charge in [-0.05, 0) is 19.4 Å². The molecule has 1 atom stereocenters. The molecule has 0 fully saturated rings. The first kappa shape index (κ1) is 20.0. The van der Waals surface area contributed by atoms with E-state index >= 15 is 0 Å². The average molecular weight is 343 g/mol. The van der Waals surface area contributed by atoms with E-state index in [0.29, 0.717) is 6.42 Å². The molecule has 0 bridgehead atoms. The first-order chi connectivity index (χ1) is 9.43. The van der Waals surface area contributed by atoms with Crippen molar-refractivity contribution < 1.29 is 30.4 Å². The fourth-order valence-electron chi connectivity index (χ4n) is 1.63. The smallest absolute Gasteiger partial charge is 0.269 e. The Bertz CT molecular complexity index is 567. The summed E-state index contributed by atoms with van der Waals surface area (Å²) in [5.41, 5.74) is -1.73. The molecule has 0 aromatic carbocycles. The SMILES string of the molecule is C=CC(=O)NC(C)(CS(=O)(=O)O)CS(=O)(=O)OCCCC. The van der Waals surface area contributed by atoms with E-state index in [9.17, 15) is 21.6 Å². The molecule has 0 spiro atoms. The first-order valence-electron chi connectivity index (χ1n) is 6.20. The highest BCUT2D eigenvalue weighted by atomic mass is 32.2. The van der Waals surface area contributed by atoms with Gasteiger partial charge in [-0.25, -0.2) is 0 Å². The molecule has 0 radical (unpaired) electrons. The van der Waals surface area contributed by atoms with Gasteiger partial charge in [0.25, 0.3) is 20.2 Å². The molecule has 10 heteroatoms. The van der Waals surface area contributed by atoms with Crippen molar-refractivity contribution in [1.29, 1.82) is 0 Å². The third-order valence-electron chi connectivity index (χ3n) is 2.37. The van der Waals surface area contributed by atoms with Crippen molar-refractivity contribution in [2.45, 2.75) is 32.2 Å². The molecule has 0 aliphatic carbocycles. The highest BCUT2D eigenvalue weighted by Crippen LogP contribution is 2.13. The van der Waals surface area contributed by atoms with E-state index in [1.165, 1.54) is 6.92 Å². The summed E-state index contributed by atoms with van der Waals surface area (Å²) in [6.45, 7) is 6.20. The van der Waals surface area contributed by atoms with Crippen molar-refractivity contribution in [3.63, 3.8) is 0 Å². The quantitative estimate of drug-likeness (QED) is 0.249. The van der Waals surface area contributed by atoms with E-state index < -0.39 is 43.2 Å². The lowest BCUT2D eigenvalue weighted by atomic mass is 10.1. The van der Waals surface area contributed by atoms with E-state index in [2.05, 4.69) is 11.9 Å². The van der Waals surface area contributed by atoms with Crippen molar-refractivity contribution in [2.24, 2.45) is 0 Å². The van der Waals surface area contributed by atoms with Crippen LogP contribution in [0.1, 0.15) is 26.7 Å². The Morgan fingerprint density at radius 2 is 1.90 bits per heavy atom. The van der Waals surface area contributed by atoms with Gasteiger partial charge in [-0.3, -0.25) is 13.5 Å². The maximum atomic E-state index is 11.8. The summed E-state index contributed by atoms with van der Waals surface area (Å²) in [5.74, 6) is -2.51. The number of carbonyl (C=O) groups is 1. The molecular weight excluding hydrogens is 322 g/mol. The molecule has 0 saturated heterocycles. The van der Waals surface area contributed by atoms with Gasteiger partial charge in [0.05, 0.1) is 23.7 Å². The molecule has 0 aliphatic rings. The topological polar surface area (TPSA) is 127 Å². The maximum Gasteiger partial charge on any atom is 0.269 e. The standard InChI is InChI=1S/C11H21NO7S2/c1-4-6-7-19-21(17,18)9-11(3,8-20(14,15)16)12-10(13)5-2/h5H,2,4,6-9H2,1,3H3,(H,12,13)(H,14,15,16). The third kappa shape index (κ3) is 9.56. The summed E-state index contributed by atoms with van der Waals surface area (Å²) in [5, 5.41) is 2.19. The zero-order chi connectivity index (χ0) is 16.7. The summed E-state index contributed by atoms with van der Waals surface area (Å²) >= 11 is 0. The largest absolute Gasteiger partial charge is 0.345 e. The third-order valence-corrected chi connectivity index (χ3v) is 4.89. The molecule has 21 heavy (non-hydrogen) atoms. The Hall–Kier alpha value is -0.970. The molecule has 1 unspecified atom stereocenters. The fraction of sp³-hybridized carbons (Fsp3) is 0.727. The van der Waals surface area contributed by atoms with Crippen molar-refractivity contribution in [3.8, 4) is 0 Å². The second-order valence-corrected chi connectivity index (χ2v) is 7.95. The fourth-order valence-corrected chi connectivity index (χ4v) is 4.15. The predicted molar refractivity (Wildman–Crippen MR) is 77.8 cm³/mol. The van der Waals surface area contributed by atoms with Gasteiger partial charge in [0.15, 0.2) is 0 Å². The molecule has 124 valence electrons. The molecule has 0 saturated carbocycles. The Labute approximate surface area is 125 Å². The zero-order valence-electron chi connectivity index (χ0n) is 12.0. The van der Waals surface area contributed by atoms with Crippen LogP contribution in [0.3, 0.4) is 0 Å². The molecule has 8 nitrogen and oxygen atoms in total. The summed E-state index contributed by atoms with van der Waals surface area (Å²) in [6.07, 6.45) is 2.12. The van der Waals surface area contributed by atoms with E-state index in [1.807, 2.05) is 6.92 Å². The molecule has 0 aromatic rings. The van der Waals surface area contributed by atoms with Gasteiger partial charge in [0, 0.05) is 0 Å². The summed E-state index contributed by atoms with van der Waals surface area (Å²) < 4.78 is 59.2. The van der Waals surface area contributed by atoms with Crippen LogP contribution < -0.4 is 5.32 Å². The number of rotatable bonds is 10. The molecule has 0 heterocycles. The number of carbonyl (C=O) groups excluding carboxylic acids is 1. The lowest BCUT2D eigenvalue weighted by molar-refractivity contribution is -0.117. The highest BCUT2D eigenvalue weighted by molar-refractivity contribution is 7.87. The normalized spacial score (nSPS) is 15.2. The van der Waals surface area contributed by atoms with Crippen LogP contribution in [0.4, 0.5) is 0 Å². The summed E-state index contributed by atoms with van der Waals surface area (Å²) in [6, 6.07) is 0. The van der Waals surface area contributed by atoms with Crippen molar-refractivity contribution in [1.82, 2.24) is 5.32 Å². The molecule has 2 N–H and O–H groups in total. The molecular formula is C11H21NO7S2. The van der Waals surface area contributed by atoms with Gasteiger partial charge in [-0.2, -0.15) is 16.8 Å². The Morgan fingerprint density at radius 3 is 2.33 bits per heavy atom. The minimum absolute atomic E-state index is 0.0316. The van der Waals surface area contributed by atoms with E-state index in [4.69, 9.17) is 8.74 Å². The Kier molecular flexibility index (Phi) is 7.51. The molecule has 1 amide bonds. The second kappa shape index (κ2) is 7.87. The average Bonchev–Trinajstić information content (AvgIpc) is 2.24. The van der Waals surface area contributed by atoms with Crippen LogP contribution in [-0.2, 0) is 29.2 Å². The number of amides is 1. The molecule has 0 rings (SSSR count). The second-order valence-electron chi connectivity index (χ2n) is 4.86. The van der Waals surface area contributed by atoms with Crippen molar-refractivity contribution in [3.05, 3.63) is 12.7 Å². The van der Waals surface area contributed by atoms with Gasteiger partial charge in [0.1, 0.15) is 0 Å². The molecule has 0 aromatic heterocycles. The predicted octanol–water partition coefficient (Wildman–Crippen LogP) is 0.0816. The highest BCUT2D eigenvalue weighted by Gasteiger charge is 2.36. The maximum absolute atomic E-state index is 11.8. The number of unbranched alkanes of at least 4 members (excludes halogenated alkanes) is 1. The lowest BCUT2D eigenvalue weighted by Crippen LogP contribution is -2.54. The Morgan fingerprint density at radius 1 is 1.33 bits per heavy atom. The minimum Gasteiger partial charge on any atom is -0.345 e. The van der Waals surface area contributed by atoms with Crippen LogP contribution in [0.15, 0.2) is 12.7 Å². The van der Waals surface area contributed by atoms with E-state index in [-0.39, 0.29) is 6.61 Å². The summed E-state index contributed by atoms with van der Waals surface area (Å²) in [4.78, 5) is 11.3. The van der Waals surface area contributed by atoms with E-state index in [0.717, 1.165) is 12.5 Å². The van der Waals surface area contributed by atoms with Gasteiger partial charge in [-0.1, -0.05) is 19.9 Å². The van der Waals surface area contributed by atoms with Crippen molar-refractivity contribution >= 4 is 26.1 Å². The van der Waals surface area contributed by atoms with Crippen LogP contribution in [0.2, 0.25) is 0 Å². The van der Waals surface area contributed by atoms with Gasteiger partial charge < -0.3 is 5.32 Å². The van der Waals surface area contributed by atoms with Gasteiger partial charge in [-0.15, -0.1) is 0 Å². The minimum atomic E-state index is -4.50. The summed E-state index contributed by atoms with van der Waals surface area (Å²) in [7, 11) is -8.56. The number of hydrogen-bond donors (Lipinski definition) is 2. The molecule has 0 aliphatic heterocycles. The number of hydrogen-bond acceptors (Lipinski definition) is 6. The van der Waals surface area contributed by atoms with Gasteiger partial charge >= 0.3 is 0 Å². The monoisotopic (exact) mass is 343 g/mol. The number of nitrogens with one attached hydrogen (secondary N) is 1. The Balaban J connectivity index is 5.13. The van der Waals surface area contributed by atoms with Crippen LogP contribution in [-0.4, -0.2) is 50.9 Å².